The SMILES string of the molecule is O=C1C2=CNc3ccccc3NC=C(C=Nc3ccccc3N=C2)C(=O)c2ccccc2OCC#CC#CCOc2ccccc21. The van der Waals surface area contributed by atoms with Gasteiger partial charge in [-0.1, -0.05) is 48.5 Å². The van der Waals surface area contributed by atoms with E-state index in [0.717, 1.165) is 0 Å². The summed E-state index contributed by atoms with van der Waals surface area (Å²) in [5, 5.41) is 6.48. The molecule has 0 saturated carbocycles. The maximum Gasteiger partial charge on any atom is 0.199 e. The van der Waals surface area contributed by atoms with E-state index in [9.17, 15) is 9.59 Å². The van der Waals surface area contributed by atoms with Crippen molar-refractivity contribution >= 4 is 46.7 Å². The van der Waals surface area contributed by atoms with Gasteiger partial charge >= 0.3 is 0 Å². The summed E-state index contributed by atoms with van der Waals surface area (Å²) in [6.07, 6.45) is 6.15. The molecule has 0 aromatic heterocycles. The van der Waals surface area contributed by atoms with Crippen molar-refractivity contribution in [3.63, 3.8) is 0 Å². The van der Waals surface area contributed by atoms with E-state index < -0.39 is 0 Å². The van der Waals surface area contributed by atoms with Crippen LogP contribution >= 0.6 is 0 Å². The molecule has 8 heteroatoms. The molecule has 2 heterocycles. The predicted octanol–water partition coefficient (Wildman–Crippen LogP) is 6.94. The normalized spacial score (nSPS) is 14.3. The number of fused-ring (bicyclic) bond motifs is 5. The molecule has 0 saturated heterocycles. The highest BCUT2D eigenvalue weighted by molar-refractivity contribution is 6.23. The van der Waals surface area contributed by atoms with Gasteiger partial charge in [0.05, 0.1) is 45.0 Å². The van der Waals surface area contributed by atoms with Crippen LogP contribution in [0.5, 0.6) is 11.5 Å². The number of ketones is 2. The Balaban J connectivity index is 1.54. The summed E-state index contributed by atoms with van der Waals surface area (Å²) in [4.78, 5) is 37.2. The molecular formula is C38H26N4O4. The van der Waals surface area contributed by atoms with Crippen LogP contribution in [0, 0.1) is 23.7 Å². The number of benzene rings is 4. The molecule has 0 aliphatic carbocycles. The fourth-order valence-corrected chi connectivity index (χ4v) is 4.59. The minimum atomic E-state index is -0.316. The molecule has 0 atom stereocenters. The van der Waals surface area contributed by atoms with Gasteiger partial charge in [-0.3, -0.25) is 19.6 Å². The van der Waals surface area contributed by atoms with E-state index in [1.54, 1.807) is 73.1 Å². The fraction of sp³-hybridized carbons (Fsp3) is 0.0526. The van der Waals surface area contributed by atoms with Gasteiger partial charge < -0.3 is 20.1 Å². The van der Waals surface area contributed by atoms with Crippen molar-refractivity contribution in [1.82, 2.24) is 0 Å². The summed E-state index contributed by atoms with van der Waals surface area (Å²) in [7, 11) is 0. The maximum absolute atomic E-state index is 14.0. The Kier molecular flexibility index (Phi) is 9.10. The highest BCUT2D eigenvalue weighted by atomic mass is 16.5. The van der Waals surface area contributed by atoms with E-state index in [1.165, 1.54) is 12.4 Å². The third-order valence-corrected chi connectivity index (χ3v) is 6.89. The first-order valence-corrected chi connectivity index (χ1v) is 14.4. The number of anilines is 2. The van der Waals surface area contributed by atoms with E-state index in [-0.39, 0.29) is 35.9 Å². The third-order valence-electron chi connectivity index (χ3n) is 6.89. The molecule has 4 aromatic carbocycles. The lowest BCUT2D eigenvalue weighted by Crippen LogP contribution is -2.11. The van der Waals surface area contributed by atoms with Crippen LogP contribution < -0.4 is 20.1 Å². The lowest BCUT2D eigenvalue weighted by atomic mass is 10.0. The van der Waals surface area contributed by atoms with Crippen molar-refractivity contribution in [2.75, 3.05) is 23.8 Å². The second kappa shape index (κ2) is 14.2. The van der Waals surface area contributed by atoms with E-state index in [0.29, 0.717) is 45.4 Å². The number of Topliss-reactive ketones (excluding diaryl/α,β-unsaturated/α-hetero) is 2. The third kappa shape index (κ3) is 6.94. The standard InChI is InChI=1S/C38H26N4O4/c43-37-27-23-39-31-15-5-7-17-33(31)41-25-28(26-42-34-18-8-6-16-32(34)40-24-27)38(44)30-14-4-10-20-36(30)46-22-12-2-1-11-21-45-35-19-9-3-13-29(35)37/h3-10,13-20,23-26,39,41H,21-22H2. The molecule has 8 nitrogen and oxygen atoms in total. The van der Waals surface area contributed by atoms with Gasteiger partial charge in [0.25, 0.3) is 0 Å². The molecule has 0 unspecified atom stereocenters. The quantitative estimate of drug-likeness (QED) is 0.212. The number of aliphatic imine (C=N–C) groups is 2. The highest BCUT2D eigenvalue weighted by Gasteiger charge is 2.19. The molecule has 46 heavy (non-hydrogen) atoms. The van der Waals surface area contributed by atoms with Crippen LogP contribution in [0.15, 0.2) is 131 Å². The van der Waals surface area contributed by atoms with Crippen LogP contribution in [0.1, 0.15) is 20.7 Å². The summed E-state index contributed by atoms with van der Waals surface area (Å²) < 4.78 is 11.8. The van der Waals surface area contributed by atoms with Crippen molar-refractivity contribution in [1.29, 1.82) is 0 Å². The van der Waals surface area contributed by atoms with Crippen molar-refractivity contribution in [3.8, 4) is 35.2 Å². The van der Waals surface area contributed by atoms with E-state index >= 15 is 0 Å². The van der Waals surface area contributed by atoms with Crippen LogP contribution in [0.25, 0.3) is 0 Å². The number of carbonyl (C=O) groups is 2. The Morgan fingerprint density at radius 2 is 0.957 bits per heavy atom. The molecule has 2 bridgehead atoms. The minimum absolute atomic E-state index is 0.0160. The number of hydrogen-bond acceptors (Lipinski definition) is 8. The fourth-order valence-electron chi connectivity index (χ4n) is 4.59. The summed E-state index contributed by atoms with van der Waals surface area (Å²) in [6.45, 7) is 0.0319. The summed E-state index contributed by atoms with van der Waals surface area (Å²) in [5.41, 5.74) is 3.53. The van der Waals surface area contributed by atoms with Crippen molar-refractivity contribution in [3.05, 3.63) is 132 Å². The molecule has 2 aliphatic rings. The number of allylic oxidation sites excluding steroid dienone is 2. The first-order valence-electron chi connectivity index (χ1n) is 14.4. The van der Waals surface area contributed by atoms with Gasteiger partial charge in [0.1, 0.15) is 24.7 Å². The molecule has 0 amide bonds. The van der Waals surface area contributed by atoms with Crippen molar-refractivity contribution in [2.45, 2.75) is 0 Å². The zero-order chi connectivity index (χ0) is 31.6. The first-order chi connectivity index (χ1) is 22.7. The Morgan fingerprint density at radius 3 is 1.43 bits per heavy atom. The lowest BCUT2D eigenvalue weighted by Gasteiger charge is -2.13. The second-order valence-corrected chi connectivity index (χ2v) is 9.87. The zero-order valence-corrected chi connectivity index (χ0v) is 24.5. The van der Waals surface area contributed by atoms with Gasteiger partial charge in [-0.2, -0.15) is 0 Å². The number of para-hydroxylation sites is 6. The van der Waals surface area contributed by atoms with Crippen molar-refractivity contribution in [2.24, 2.45) is 9.98 Å². The number of hydrogen-bond donors (Lipinski definition) is 2. The predicted molar refractivity (Wildman–Crippen MR) is 181 cm³/mol. The Bertz CT molecular complexity index is 1920. The summed E-state index contributed by atoms with van der Waals surface area (Å²) in [5.74, 6) is 11.3. The number of ether oxygens (including phenoxy) is 2. The molecule has 4 aromatic rings. The van der Waals surface area contributed by atoms with Crippen molar-refractivity contribution < 1.29 is 19.1 Å². The number of nitrogens with one attached hydrogen (secondary N) is 2. The van der Waals surface area contributed by atoms with Gasteiger partial charge in [0, 0.05) is 24.8 Å². The topological polar surface area (TPSA) is 101 Å². The molecule has 0 radical (unpaired) electrons. The minimum Gasteiger partial charge on any atom is -0.480 e. The van der Waals surface area contributed by atoms with Gasteiger partial charge in [0.2, 0.25) is 0 Å². The largest absolute Gasteiger partial charge is 0.480 e. The number of nitrogens with zero attached hydrogens (tertiary/aromatic N) is 2. The lowest BCUT2D eigenvalue weighted by molar-refractivity contribution is 0.102. The highest BCUT2D eigenvalue weighted by Crippen LogP contribution is 2.30. The average molecular weight is 603 g/mol. The van der Waals surface area contributed by atoms with Crippen LogP contribution in [-0.2, 0) is 0 Å². The molecule has 222 valence electrons. The summed E-state index contributed by atoms with van der Waals surface area (Å²) >= 11 is 0. The molecular weight excluding hydrogens is 576 g/mol. The van der Waals surface area contributed by atoms with Gasteiger partial charge in [-0.25, -0.2) is 0 Å². The van der Waals surface area contributed by atoms with E-state index in [2.05, 4.69) is 44.3 Å². The van der Waals surface area contributed by atoms with Crippen LogP contribution in [-0.4, -0.2) is 37.2 Å². The Hall–Kier alpha value is -6.64. The Morgan fingerprint density at radius 1 is 0.543 bits per heavy atom. The number of carbonyl (C=O) groups excluding carboxylic acids is 2. The molecule has 2 N–H and O–H groups in total. The molecule has 0 fully saturated rings. The van der Waals surface area contributed by atoms with E-state index in [4.69, 9.17) is 9.47 Å². The zero-order valence-electron chi connectivity index (χ0n) is 24.5. The van der Waals surface area contributed by atoms with Crippen LogP contribution in [0.3, 0.4) is 0 Å². The smallest absolute Gasteiger partial charge is 0.199 e. The Labute approximate surface area is 266 Å². The molecule has 2 aliphatic heterocycles. The number of rotatable bonds is 0. The molecule has 6 rings (SSSR count). The average Bonchev–Trinajstić information content (AvgIpc) is 3.09. The van der Waals surface area contributed by atoms with Gasteiger partial charge in [-0.05, 0) is 72.2 Å². The first kappa shape index (κ1) is 29.4. The van der Waals surface area contributed by atoms with Gasteiger partial charge in [0.15, 0.2) is 11.6 Å². The second-order valence-electron chi connectivity index (χ2n) is 9.87. The van der Waals surface area contributed by atoms with E-state index in [1.807, 2.05) is 36.4 Å². The van der Waals surface area contributed by atoms with Crippen LogP contribution in [0.2, 0.25) is 0 Å². The maximum atomic E-state index is 14.0. The van der Waals surface area contributed by atoms with Gasteiger partial charge in [-0.15, -0.1) is 0 Å². The monoisotopic (exact) mass is 602 g/mol. The molecule has 0 spiro atoms. The van der Waals surface area contributed by atoms with Crippen LogP contribution in [0.4, 0.5) is 22.7 Å². The summed E-state index contributed by atoms with van der Waals surface area (Å²) in [6, 6.07) is 28.5.